The Morgan fingerprint density at radius 3 is 2.12 bits per heavy atom. The standard InChI is InChI=1S/C19H18N2O3S/c1-13-9-11-17(12-10-13)25(22,23)24-19-14(2)15(3)20-18(21-19)16-7-5-4-6-8-16/h4-12H,1-3H3. The summed E-state index contributed by atoms with van der Waals surface area (Å²) in [7, 11) is -3.96. The molecule has 0 amide bonds. The summed E-state index contributed by atoms with van der Waals surface area (Å²) in [6.45, 7) is 5.43. The molecule has 0 saturated heterocycles. The summed E-state index contributed by atoms with van der Waals surface area (Å²) in [6.07, 6.45) is 0. The molecule has 1 aromatic heterocycles. The smallest absolute Gasteiger partial charge is 0.340 e. The van der Waals surface area contributed by atoms with Crippen LogP contribution in [0, 0.1) is 20.8 Å². The van der Waals surface area contributed by atoms with Crippen molar-refractivity contribution >= 4 is 10.1 Å². The van der Waals surface area contributed by atoms with Gasteiger partial charge in [0.1, 0.15) is 4.90 Å². The van der Waals surface area contributed by atoms with Gasteiger partial charge in [-0.15, -0.1) is 0 Å². The van der Waals surface area contributed by atoms with Crippen LogP contribution in [-0.2, 0) is 10.1 Å². The van der Waals surface area contributed by atoms with Crippen molar-refractivity contribution in [3.63, 3.8) is 0 Å². The number of benzene rings is 2. The average Bonchev–Trinajstić information content (AvgIpc) is 2.59. The molecule has 3 aromatic rings. The molecule has 0 aliphatic rings. The fraction of sp³-hybridized carbons (Fsp3) is 0.158. The van der Waals surface area contributed by atoms with Gasteiger partial charge >= 0.3 is 10.1 Å². The summed E-state index contributed by atoms with van der Waals surface area (Å²) >= 11 is 0. The summed E-state index contributed by atoms with van der Waals surface area (Å²) < 4.78 is 30.4. The molecule has 0 N–H and O–H groups in total. The van der Waals surface area contributed by atoms with Crippen molar-refractivity contribution in [2.45, 2.75) is 25.7 Å². The Morgan fingerprint density at radius 1 is 0.840 bits per heavy atom. The van der Waals surface area contributed by atoms with Gasteiger partial charge in [-0.25, -0.2) is 4.98 Å². The van der Waals surface area contributed by atoms with Gasteiger partial charge in [-0.1, -0.05) is 48.0 Å². The van der Waals surface area contributed by atoms with E-state index in [2.05, 4.69) is 9.97 Å². The third-order valence-corrected chi connectivity index (χ3v) is 5.10. The number of nitrogens with zero attached hydrogens (tertiary/aromatic N) is 2. The number of rotatable bonds is 4. The second-order valence-corrected chi connectivity index (χ2v) is 7.33. The molecule has 0 aliphatic carbocycles. The van der Waals surface area contributed by atoms with Crippen molar-refractivity contribution in [2.24, 2.45) is 0 Å². The number of hydrogen-bond acceptors (Lipinski definition) is 5. The van der Waals surface area contributed by atoms with E-state index < -0.39 is 10.1 Å². The van der Waals surface area contributed by atoms with Crippen molar-refractivity contribution in [3.8, 4) is 17.3 Å². The van der Waals surface area contributed by atoms with E-state index >= 15 is 0 Å². The van der Waals surface area contributed by atoms with Gasteiger partial charge in [-0.2, -0.15) is 13.4 Å². The number of hydrogen-bond donors (Lipinski definition) is 0. The third kappa shape index (κ3) is 3.69. The molecule has 128 valence electrons. The lowest BCUT2D eigenvalue weighted by Gasteiger charge is -2.12. The van der Waals surface area contributed by atoms with Crippen LogP contribution in [-0.4, -0.2) is 18.4 Å². The van der Waals surface area contributed by atoms with Crippen molar-refractivity contribution in [2.75, 3.05) is 0 Å². The first-order valence-electron chi connectivity index (χ1n) is 7.78. The molecule has 0 aliphatic heterocycles. The molecule has 1 heterocycles. The molecule has 0 fully saturated rings. The van der Waals surface area contributed by atoms with Crippen LogP contribution in [0.2, 0.25) is 0 Å². The first-order valence-corrected chi connectivity index (χ1v) is 9.19. The third-order valence-electron chi connectivity index (χ3n) is 3.87. The maximum absolute atomic E-state index is 12.5. The van der Waals surface area contributed by atoms with Crippen LogP contribution >= 0.6 is 0 Å². The van der Waals surface area contributed by atoms with Gasteiger partial charge in [0.2, 0.25) is 5.88 Å². The molecule has 25 heavy (non-hydrogen) atoms. The predicted octanol–water partition coefficient (Wildman–Crippen LogP) is 3.84. The van der Waals surface area contributed by atoms with Gasteiger partial charge in [0, 0.05) is 16.8 Å². The summed E-state index contributed by atoms with van der Waals surface area (Å²) in [6, 6.07) is 15.9. The van der Waals surface area contributed by atoms with Crippen molar-refractivity contribution in [1.29, 1.82) is 0 Å². The van der Waals surface area contributed by atoms with Crippen molar-refractivity contribution < 1.29 is 12.6 Å². The van der Waals surface area contributed by atoms with Crippen LogP contribution in [0.1, 0.15) is 16.8 Å². The zero-order chi connectivity index (χ0) is 18.0. The largest absolute Gasteiger partial charge is 0.358 e. The minimum Gasteiger partial charge on any atom is -0.358 e. The number of aromatic nitrogens is 2. The van der Waals surface area contributed by atoms with Gasteiger partial charge in [0.05, 0.1) is 0 Å². The number of aryl methyl sites for hydroxylation is 2. The second-order valence-electron chi connectivity index (χ2n) is 5.78. The van der Waals surface area contributed by atoms with E-state index in [1.165, 1.54) is 12.1 Å². The van der Waals surface area contributed by atoms with Crippen LogP contribution < -0.4 is 4.18 Å². The highest BCUT2D eigenvalue weighted by atomic mass is 32.2. The predicted molar refractivity (Wildman–Crippen MR) is 95.9 cm³/mol. The van der Waals surface area contributed by atoms with E-state index in [9.17, 15) is 8.42 Å². The highest BCUT2D eigenvalue weighted by Gasteiger charge is 2.20. The Morgan fingerprint density at radius 2 is 1.48 bits per heavy atom. The SMILES string of the molecule is Cc1ccc(S(=O)(=O)Oc2nc(-c3ccccc3)nc(C)c2C)cc1. The van der Waals surface area contributed by atoms with Crippen LogP contribution in [0.3, 0.4) is 0 Å². The summed E-state index contributed by atoms with van der Waals surface area (Å²) in [5.74, 6) is 0.477. The monoisotopic (exact) mass is 354 g/mol. The van der Waals surface area contributed by atoms with Crippen molar-refractivity contribution in [3.05, 3.63) is 71.4 Å². The van der Waals surface area contributed by atoms with Crippen LogP contribution in [0.15, 0.2) is 59.5 Å². The van der Waals surface area contributed by atoms with Crippen LogP contribution in [0.5, 0.6) is 5.88 Å². The highest BCUT2D eigenvalue weighted by Crippen LogP contribution is 2.26. The Balaban J connectivity index is 2.02. The van der Waals surface area contributed by atoms with Gasteiger partial charge in [0.25, 0.3) is 0 Å². The molecule has 0 unspecified atom stereocenters. The molecule has 3 rings (SSSR count). The summed E-state index contributed by atoms with van der Waals surface area (Å²) in [5.41, 5.74) is 3.03. The summed E-state index contributed by atoms with van der Waals surface area (Å²) in [5, 5.41) is 0. The minimum absolute atomic E-state index is 0.0481. The first-order chi connectivity index (χ1) is 11.9. The minimum atomic E-state index is -3.96. The fourth-order valence-electron chi connectivity index (χ4n) is 2.26. The molecular formula is C19H18N2O3S. The lowest BCUT2D eigenvalue weighted by molar-refractivity contribution is 0.473. The lowest BCUT2D eigenvalue weighted by atomic mass is 10.2. The van der Waals surface area contributed by atoms with Gasteiger partial charge in [-0.05, 0) is 32.9 Å². The Labute approximate surface area is 147 Å². The molecule has 5 nitrogen and oxygen atoms in total. The molecule has 6 heteroatoms. The first kappa shape index (κ1) is 17.1. The van der Waals surface area contributed by atoms with E-state index in [0.717, 1.165) is 11.1 Å². The van der Waals surface area contributed by atoms with Gasteiger partial charge in [-0.3, -0.25) is 0 Å². The normalized spacial score (nSPS) is 11.3. The molecule has 0 radical (unpaired) electrons. The van der Waals surface area contributed by atoms with Gasteiger partial charge < -0.3 is 4.18 Å². The Bertz CT molecular complexity index is 999. The zero-order valence-corrected chi connectivity index (χ0v) is 15.0. The maximum atomic E-state index is 12.5. The molecule has 2 aromatic carbocycles. The fourth-order valence-corrected chi connectivity index (χ4v) is 3.19. The molecular weight excluding hydrogens is 336 g/mol. The van der Waals surface area contributed by atoms with E-state index in [4.69, 9.17) is 4.18 Å². The van der Waals surface area contributed by atoms with E-state index in [-0.39, 0.29) is 10.8 Å². The molecule has 0 saturated carbocycles. The van der Waals surface area contributed by atoms with Crippen LogP contribution in [0.4, 0.5) is 0 Å². The van der Waals surface area contributed by atoms with Crippen LogP contribution in [0.25, 0.3) is 11.4 Å². The van der Waals surface area contributed by atoms with E-state index in [1.54, 1.807) is 26.0 Å². The lowest BCUT2D eigenvalue weighted by Crippen LogP contribution is -2.13. The Hall–Kier alpha value is -2.73. The molecule has 0 spiro atoms. The van der Waals surface area contributed by atoms with E-state index in [0.29, 0.717) is 17.1 Å². The molecule has 0 bridgehead atoms. The quantitative estimate of drug-likeness (QED) is 0.666. The highest BCUT2D eigenvalue weighted by molar-refractivity contribution is 7.87. The Kier molecular flexibility index (Phi) is 4.55. The average molecular weight is 354 g/mol. The zero-order valence-electron chi connectivity index (χ0n) is 14.2. The molecule has 0 atom stereocenters. The van der Waals surface area contributed by atoms with E-state index in [1.807, 2.05) is 37.3 Å². The van der Waals surface area contributed by atoms with Crippen molar-refractivity contribution in [1.82, 2.24) is 9.97 Å². The summed E-state index contributed by atoms with van der Waals surface area (Å²) in [4.78, 5) is 8.84. The maximum Gasteiger partial charge on any atom is 0.340 e. The second kappa shape index (κ2) is 6.64. The van der Waals surface area contributed by atoms with Gasteiger partial charge in [0.15, 0.2) is 5.82 Å². The topological polar surface area (TPSA) is 69.2 Å².